The summed E-state index contributed by atoms with van der Waals surface area (Å²) in [6, 6.07) is 14.1. The summed E-state index contributed by atoms with van der Waals surface area (Å²) in [6.45, 7) is 4.61. The maximum atomic E-state index is 12.2. The molecule has 0 bridgehead atoms. The van der Waals surface area contributed by atoms with Gasteiger partial charge < -0.3 is 24.7 Å². The molecule has 0 spiro atoms. The number of hydrogen-bond acceptors (Lipinski definition) is 6. The van der Waals surface area contributed by atoms with Gasteiger partial charge in [0.25, 0.3) is 11.8 Å². The van der Waals surface area contributed by atoms with E-state index in [1.165, 1.54) is 19.1 Å². The fraction of sp³-hybridized carbons (Fsp3) is 0.320. The smallest absolute Gasteiger partial charge is 0.291 e. The van der Waals surface area contributed by atoms with Gasteiger partial charge in [-0.2, -0.15) is 0 Å². The summed E-state index contributed by atoms with van der Waals surface area (Å²) < 4.78 is 10.6. The van der Waals surface area contributed by atoms with E-state index in [1.54, 1.807) is 42.6 Å². The molecule has 1 saturated heterocycles. The molecule has 2 N–H and O–H groups in total. The summed E-state index contributed by atoms with van der Waals surface area (Å²) in [7, 11) is 0. The molecule has 1 aliphatic rings. The Hall–Kier alpha value is -3.81. The third-order valence-corrected chi connectivity index (χ3v) is 5.61. The molecule has 33 heavy (non-hydrogen) atoms. The molecule has 3 heterocycles. The number of pyridine rings is 1. The molecule has 1 aliphatic heterocycles. The number of aromatic nitrogens is 1. The van der Waals surface area contributed by atoms with Crippen LogP contribution in [0, 0.1) is 5.92 Å². The van der Waals surface area contributed by atoms with Crippen LogP contribution in [0.15, 0.2) is 65.4 Å². The monoisotopic (exact) mass is 448 g/mol. The lowest BCUT2D eigenvalue weighted by Gasteiger charge is -2.31. The van der Waals surface area contributed by atoms with E-state index >= 15 is 0 Å². The number of anilines is 2. The molecule has 0 saturated carbocycles. The van der Waals surface area contributed by atoms with Crippen molar-refractivity contribution in [1.29, 1.82) is 0 Å². The fourth-order valence-electron chi connectivity index (χ4n) is 3.61. The third kappa shape index (κ3) is 6.35. The predicted molar refractivity (Wildman–Crippen MR) is 125 cm³/mol. The number of piperidine rings is 1. The zero-order valence-corrected chi connectivity index (χ0v) is 18.6. The van der Waals surface area contributed by atoms with Crippen molar-refractivity contribution in [3.63, 3.8) is 0 Å². The maximum absolute atomic E-state index is 12.2. The fourth-order valence-corrected chi connectivity index (χ4v) is 3.61. The molecule has 0 unspecified atom stereocenters. The highest BCUT2D eigenvalue weighted by Crippen LogP contribution is 2.21. The molecule has 2 aromatic heterocycles. The maximum Gasteiger partial charge on any atom is 0.291 e. The standard InChI is InChI=1S/C25H28N4O4/c1-18-9-11-29(12-10-18)23-8-7-19(15-26-23)16-27-24(30)17-33-21-5-2-4-20(14-21)28-25(31)22-6-3-13-32-22/h2-8,13-15,18H,9-12,16-17H2,1H3,(H,27,30)(H,28,31). The van der Waals surface area contributed by atoms with Crippen molar-refractivity contribution in [2.45, 2.75) is 26.3 Å². The van der Waals surface area contributed by atoms with Crippen LogP contribution in [-0.4, -0.2) is 36.5 Å². The van der Waals surface area contributed by atoms with Crippen molar-refractivity contribution in [2.75, 3.05) is 29.9 Å². The minimum atomic E-state index is -0.357. The lowest BCUT2D eigenvalue weighted by molar-refractivity contribution is -0.123. The van der Waals surface area contributed by atoms with Gasteiger partial charge in [0.2, 0.25) is 0 Å². The van der Waals surface area contributed by atoms with E-state index < -0.39 is 0 Å². The largest absolute Gasteiger partial charge is 0.484 e. The van der Waals surface area contributed by atoms with Gasteiger partial charge in [-0.25, -0.2) is 4.98 Å². The Bertz CT molecular complexity index is 1060. The van der Waals surface area contributed by atoms with E-state index in [2.05, 4.69) is 27.4 Å². The summed E-state index contributed by atoms with van der Waals surface area (Å²) in [4.78, 5) is 31.1. The summed E-state index contributed by atoms with van der Waals surface area (Å²) in [6.07, 6.45) is 5.63. The molecule has 2 amide bonds. The number of rotatable bonds is 8. The van der Waals surface area contributed by atoms with Crippen LogP contribution in [0.4, 0.5) is 11.5 Å². The zero-order valence-electron chi connectivity index (χ0n) is 18.6. The Morgan fingerprint density at radius 1 is 1.15 bits per heavy atom. The van der Waals surface area contributed by atoms with Gasteiger partial charge in [-0.3, -0.25) is 9.59 Å². The van der Waals surface area contributed by atoms with Crippen molar-refractivity contribution in [1.82, 2.24) is 10.3 Å². The van der Waals surface area contributed by atoms with Crippen molar-refractivity contribution in [3.05, 3.63) is 72.3 Å². The minimum absolute atomic E-state index is 0.132. The van der Waals surface area contributed by atoms with Crippen LogP contribution in [0.2, 0.25) is 0 Å². The number of nitrogens with one attached hydrogen (secondary N) is 2. The Morgan fingerprint density at radius 3 is 2.73 bits per heavy atom. The van der Waals surface area contributed by atoms with Crippen LogP contribution < -0.4 is 20.3 Å². The van der Waals surface area contributed by atoms with Crippen LogP contribution in [0.3, 0.4) is 0 Å². The van der Waals surface area contributed by atoms with Gasteiger partial charge >= 0.3 is 0 Å². The van der Waals surface area contributed by atoms with Gasteiger partial charge in [-0.05, 0) is 54.7 Å². The molecule has 4 rings (SSSR count). The van der Waals surface area contributed by atoms with Gasteiger partial charge in [0.05, 0.1) is 6.26 Å². The zero-order chi connectivity index (χ0) is 23.0. The van der Waals surface area contributed by atoms with Crippen molar-refractivity contribution < 1.29 is 18.7 Å². The van der Waals surface area contributed by atoms with Gasteiger partial charge in [-0.15, -0.1) is 0 Å². The number of carbonyl (C=O) groups excluding carboxylic acids is 2. The van der Waals surface area contributed by atoms with Crippen LogP contribution in [0.5, 0.6) is 5.75 Å². The molecule has 0 aliphatic carbocycles. The average molecular weight is 449 g/mol. The number of nitrogens with zero attached hydrogens (tertiary/aromatic N) is 2. The van der Waals surface area contributed by atoms with Gasteiger partial charge in [0, 0.05) is 37.6 Å². The molecular weight excluding hydrogens is 420 g/mol. The van der Waals surface area contributed by atoms with Crippen molar-refractivity contribution in [3.8, 4) is 5.75 Å². The highest BCUT2D eigenvalue weighted by Gasteiger charge is 2.16. The molecule has 0 radical (unpaired) electrons. The minimum Gasteiger partial charge on any atom is -0.484 e. The first-order chi connectivity index (χ1) is 16.1. The second kappa shape index (κ2) is 10.7. The molecule has 8 heteroatoms. The quantitative estimate of drug-likeness (QED) is 0.543. The number of benzene rings is 1. The number of ether oxygens (including phenoxy) is 1. The number of carbonyl (C=O) groups is 2. The normalized spacial score (nSPS) is 14.0. The highest BCUT2D eigenvalue weighted by molar-refractivity contribution is 6.02. The van der Waals surface area contributed by atoms with Crippen molar-refractivity contribution in [2.24, 2.45) is 5.92 Å². The molecule has 1 aromatic carbocycles. The molecule has 172 valence electrons. The summed E-state index contributed by atoms with van der Waals surface area (Å²) in [5.41, 5.74) is 1.48. The highest BCUT2D eigenvalue weighted by atomic mass is 16.5. The van der Waals surface area contributed by atoms with Gasteiger partial charge in [0.15, 0.2) is 12.4 Å². The van der Waals surface area contributed by atoms with Crippen LogP contribution in [0.25, 0.3) is 0 Å². The lowest BCUT2D eigenvalue weighted by Crippen LogP contribution is -2.33. The Labute approximate surface area is 192 Å². The molecular formula is C25H28N4O4. The second-order valence-electron chi connectivity index (χ2n) is 8.22. The lowest BCUT2D eigenvalue weighted by atomic mass is 9.99. The second-order valence-corrected chi connectivity index (χ2v) is 8.22. The van der Waals surface area contributed by atoms with Crippen molar-refractivity contribution >= 4 is 23.3 Å². The Kier molecular flexibility index (Phi) is 7.24. The summed E-state index contributed by atoms with van der Waals surface area (Å²) in [5, 5.41) is 5.57. The van der Waals surface area contributed by atoms with E-state index in [-0.39, 0.29) is 24.2 Å². The van der Waals surface area contributed by atoms with Gasteiger partial charge in [0.1, 0.15) is 11.6 Å². The first kappa shape index (κ1) is 22.4. The number of furan rings is 1. The topological polar surface area (TPSA) is 96.7 Å². The molecule has 0 atom stereocenters. The third-order valence-electron chi connectivity index (χ3n) is 5.61. The molecule has 8 nitrogen and oxygen atoms in total. The number of hydrogen-bond donors (Lipinski definition) is 2. The predicted octanol–water partition coefficient (Wildman–Crippen LogP) is 3.86. The molecule has 3 aromatic rings. The van der Waals surface area contributed by atoms with E-state index in [1.807, 2.05) is 12.1 Å². The first-order valence-electron chi connectivity index (χ1n) is 11.1. The van der Waals surface area contributed by atoms with Gasteiger partial charge in [-0.1, -0.05) is 19.1 Å². The SMILES string of the molecule is CC1CCN(c2ccc(CNC(=O)COc3cccc(NC(=O)c4ccco4)c3)cn2)CC1. The van der Waals surface area contributed by atoms with Crippen LogP contribution in [0.1, 0.15) is 35.9 Å². The van der Waals surface area contributed by atoms with E-state index in [4.69, 9.17) is 9.15 Å². The van der Waals surface area contributed by atoms with E-state index in [9.17, 15) is 9.59 Å². The van der Waals surface area contributed by atoms with E-state index in [0.29, 0.717) is 18.0 Å². The summed E-state index contributed by atoms with van der Waals surface area (Å²) >= 11 is 0. The Morgan fingerprint density at radius 2 is 2.00 bits per heavy atom. The average Bonchev–Trinajstić information content (AvgIpc) is 3.38. The Balaban J connectivity index is 1.21. The molecule has 1 fully saturated rings. The van der Waals surface area contributed by atoms with E-state index in [0.717, 1.165) is 30.4 Å². The number of amides is 2. The van der Waals surface area contributed by atoms with Crippen LogP contribution >= 0.6 is 0 Å². The first-order valence-corrected chi connectivity index (χ1v) is 11.1. The van der Waals surface area contributed by atoms with Crippen LogP contribution in [-0.2, 0) is 11.3 Å². The summed E-state index contributed by atoms with van der Waals surface area (Å²) in [5.74, 6) is 1.86.